The lowest BCUT2D eigenvalue weighted by Crippen LogP contribution is -2.33. The van der Waals surface area contributed by atoms with Crippen LogP contribution in [0.25, 0.3) is 0 Å². The van der Waals surface area contributed by atoms with E-state index in [1.165, 1.54) is 25.3 Å². The minimum Gasteiger partial charge on any atom is -0.496 e. The number of rotatable bonds is 4. The van der Waals surface area contributed by atoms with Gasteiger partial charge in [-0.05, 0) is 43.9 Å². The van der Waals surface area contributed by atoms with Crippen LogP contribution in [0.15, 0.2) is 18.2 Å². The van der Waals surface area contributed by atoms with Gasteiger partial charge in [0.15, 0.2) is 0 Å². The number of benzene rings is 1. The molecular formula is C15H22FNO. The maximum atomic E-state index is 13.4. The van der Waals surface area contributed by atoms with Gasteiger partial charge in [-0.3, -0.25) is 0 Å². The smallest absolute Gasteiger partial charge is 0.123 e. The highest BCUT2D eigenvalue weighted by molar-refractivity contribution is 5.36. The Morgan fingerprint density at radius 2 is 2.17 bits per heavy atom. The number of halogens is 1. The molecule has 1 N–H and O–H groups in total. The zero-order valence-corrected chi connectivity index (χ0v) is 11.4. The molecule has 1 fully saturated rings. The Morgan fingerprint density at radius 3 is 2.78 bits per heavy atom. The Kier molecular flexibility index (Phi) is 4.23. The number of hydrogen-bond donors (Lipinski definition) is 1. The molecule has 1 saturated carbocycles. The van der Waals surface area contributed by atoms with Crippen LogP contribution in [0.4, 0.5) is 4.39 Å². The summed E-state index contributed by atoms with van der Waals surface area (Å²) in [5, 5.41) is 3.60. The van der Waals surface area contributed by atoms with E-state index in [2.05, 4.69) is 19.2 Å². The molecule has 0 radical (unpaired) electrons. The van der Waals surface area contributed by atoms with Gasteiger partial charge in [-0.25, -0.2) is 4.39 Å². The summed E-state index contributed by atoms with van der Waals surface area (Å²) < 4.78 is 18.7. The SMILES string of the molecule is COc1ccc(F)cc1C(C)NC1CCCC1C. The van der Waals surface area contributed by atoms with Crippen molar-refractivity contribution in [3.63, 3.8) is 0 Å². The van der Waals surface area contributed by atoms with E-state index < -0.39 is 0 Å². The standard InChI is InChI=1S/C15H22FNO/c1-10-5-4-6-14(10)17-11(2)13-9-12(16)7-8-15(13)18-3/h7-11,14,17H,4-6H2,1-3H3. The quantitative estimate of drug-likeness (QED) is 0.881. The summed E-state index contributed by atoms with van der Waals surface area (Å²) in [6.07, 6.45) is 3.78. The third kappa shape index (κ3) is 2.83. The Labute approximate surface area is 109 Å². The zero-order valence-electron chi connectivity index (χ0n) is 11.4. The van der Waals surface area contributed by atoms with Crippen molar-refractivity contribution in [2.24, 2.45) is 5.92 Å². The van der Waals surface area contributed by atoms with Crippen molar-refractivity contribution in [1.29, 1.82) is 0 Å². The predicted octanol–water partition coefficient (Wildman–Crippen LogP) is 3.67. The molecule has 3 atom stereocenters. The highest BCUT2D eigenvalue weighted by atomic mass is 19.1. The van der Waals surface area contributed by atoms with Crippen molar-refractivity contribution >= 4 is 0 Å². The summed E-state index contributed by atoms with van der Waals surface area (Å²) in [7, 11) is 1.63. The van der Waals surface area contributed by atoms with Gasteiger partial charge in [0.1, 0.15) is 11.6 Å². The Balaban J connectivity index is 2.12. The molecule has 0 amide bonds. The number of ether oxygens (including phenoxy) is 1. The minimum absolute atomic E-state index is 0.112. The van der Waals surface area contributed by atoms with Crippen LogP contribution >= 0.6 is 0 Å². The average Bonchev–Trinajstić information content (AvgIpc) is 2.75. The van der Waals surface area contributed by atoms with E-state index in [1.54, 1.807) is 19.2 Å². The van der Waals surface area contributed by atoms with Crippen LogP contribution in [0.5, 0.6) is 5.75 Å². The number of nitrogens with one attached hydrogen (secondary N) is 1. The van der Waals surface area contributed by atoms with Gasteiger partial charge in [-0.15, -0.1) is 0 Å². The van der Waals surface area contributed by atoms with Crippen LogP contribution in [0.3, 0.4) is 0 Å². The van der Waals surface area contributed by atoms with Crippen molar-refractivity contribution < 1.29 is 9.13 Å². The Morgan fingerprint density at radius 1 is 1.39 bits per heavy atom. The van der Waals surface area contributed by atoms with Crippen LogP contribution in [-0.4, -0.2) is 13.2 Å². The van der Waals surface area contributed by atoms with Crippen molar-refractivity contribution in [2.75, 3.05) is 7.11 Å². The lowest BCUT2D eigenvalue weighted by atomic mass is 10.0. The molecule has 100 valence electrons. The van der Waals surface area contributed by atoms with E-state index in [4.69, 9.17) is 4.74 Å². The molecule has 2 nitrogen and oxygen atoms in total. The molecule has 0 spiro atoms. The van der Waals surface area contributed by atoms with Gasteiger partial charge in [0.2, 0.25) is 0 Å². The largest absolute Gasteiger partial charge is 0.496 e. The fourth-order valence-corrected chi connectivity index (χ4v) is 2.85. The summed E-state index contributed by atoms with van der Waals surface area (Å²) >= 11 is 0. The van der Waals surface area contributed by atoms with Crippen molar-refractivity contribution in [3.05, 3.63) is 29.6 Å². The topological polar surface area (TPSA) is 21.3 Å². The Bertz CT molecular complexity index is 407. The van der Waals surface area contributed by atoms with E-state index in [9.17, 15) is 4.39 Å². The zero-order chi connectivity index (χ0) is 13.1. The van der Waals surface area contributed by atoms with Crippen LogP contribution in [0.1, 0.15) is 44.7 Å². The minimum atomic E-state index is -0.209. The first kappa shape index (κ1) is 13.3. The molecule has 1 aromatic rings. The lowest BCUT2D eigenvalue weighted by molar-refractivity contribution is 0.367. The monoisotopic (exact) mass is 251 g/mol. The van der Waals surface area contributed by atoms with Crippen LogP contribution in [0.2, 0.25) is 0 Å². The molecule has 0 aliphatic heterocycles. The van der Waals surface area contributed by atoms with Crippen LogP contribution in [-0.2, 0) is 0 Å². The molecule has 0 aromatic heterocycles. The third-order valence-corrected chi connectivity index (χ3v) is 3.98. The van der Waals surface area contributed by atoms with Crippen molar-refractivity contribution in [1.82, 2.24) is 5.32 Å². The van der Waals surface area contributed by atoms with Gasteiger partial charge in [0.25, 0.3) is 0 Å². The first-order valence-corrected chi connectivity index (χ1v) is 6.71. The van der Waals surface area contributed by atoms with Crippen molar-refractivity contribution in [3.8, 4) is 5.75 Å². The van der Waals surface area contributed by atoms with Gasteiger partial charge in [0, 0.05) is 17.6 Å². The third-order valence-electron chi connectivity index (χ3n) is 3.98. The molecule has 2 rings (SSSR count). The van der Waals surface area contributed by atoms with Gasteiger partial charge < -0.3 is 10.1 Å². The average molecular weight is 251 g/mol. The van der Waals surface area contributed by atoms with Gasteiger partial charge in [-0.1, -0.05) is 13.3 Å². The van der Waals surface area contributed by atoms with Crippen molar-refractivity contribution in [2.45, 2.75) is 45.2 Å². The first-order valence-electron chi connectivity index (χ1n) is 6.71. The molecular weight excluding hydrogens is 229 g/mol. The fourth-order valence-electron chi connectivity index (χ4n) is 2.85. The van der Waals surface area contributed by atoms with E-state index in [1.807, 2.05) is 0 Å². The summed E-state index contributed by atoms with van der Waals surface area (Å²) in [5.41, 5.74) is 0.900. The molecule has 3 unspecified atom stereocenters. The molecule has 1 aliphatic carbocycles. The fraction of sp³-hybridized carbons (Fsp3) is 0.600. The first-order chi connectivity index (χ1) is 8.61. The van der Waals surface area contributed by atoms with E-state index in [-0.39, 0.29) is 11.9 Å². The summed E-state index contributed by atoms with van der Waals surface area (Å²) in [5.74, 6) is 1.24. The molecule has 0 heterocycles. The summed E-state index contributed by atoms with van der Waals surface area (Å²) in [4.78, 5) is 0. The van der Waals surface area contributed by atoms with Gasteiger partial charge >= 0.3 is 0 Å². The van der Waals surface area contributed by atoms with E-state index in [0.717, 1.165) is 11.3 Å². The molecule has 18 heavy (non-hydrogen) atoms. The summed E-state index contributed by atoms with van der Waals surface area (Å²) in [6, 6.07) is 5.35. The molecule has 1 aromatic carbocycles. The van der Waals surface area contributed by atoms with Gasteiger partial charge in [-0.2, -0.15) is 0 Å². The van der Waals surface area contributed by atoms with E-state index >= 15 is 0 Å². The van der Waals surface area contributed by atoms with E-state index in [0.29, 0.717) is 12.0 Å². The highest BCUT2D eigenvalue weighted by Crippen LogP contribution is 2.30. The molecule has 0 saturated heterocycles. The second-order valence-electron chi connectivity index (χ2n) is 5.29. The number of methoxy groups -OCH3 is 1. The molecule has 0 bridgehead atoms. The predicted molar refractivity (Wildman–Crippen MR) is 71.3 cm³/mol. The lowest BCUT2D eigenvalue weighted by Gasteiger charge is -2.24. The van der Waals surface area contributed by atoms with Crippen LogP contribution < -0.4 is 10.1 Å². The maximum absolute atomic E-state index is 13.4. The maximum Gasteiger partial charge on any atom is 0.123 e. The second-order valence-corrected chi connectivity index (χ2v) is 5.29. The van der Waals surface area contributed by atoms with Crippen LogP contribution in [0, 0.1) is 11.7 Å². The Hall–Kier alpha value is -1.09. The summed E-state index contributed by atoms with van der Waals surface area (Å²) in [6.45, 7) is 4.35. The normalized spacial score (nSPS) is 25.1. The highest BCUT2D eigenvalue weighted by Gasteiger charge is 2.25. The molecule has 3 heteroatoms. The second kappa shape index (κ2) is 5.70. The molecule has 1 aliphatic rings. The number of hydrogen-bond acceptors (Lipinski definition) is 2. The van der Waals surface area contributed by atoms with Gasteiger partial charge in [0.05, 0.1) is 7.11 Å².